The lowest BCUT2D eigenvalue weighted by Crippen LogP contribution is -2.48. The van der Waals surface area contributed by atoms with Crippen LogP contribution in [-0.4, -0.2) is 40.9 Å². The monoisotopic (exact) mass is 221 g/mol. The molecule has 15 heavy (non-hydrogen) atoms. The number of halogens is 2. The first-order chi connectivity index (χ1) is 6.93. The highest BCUT2D eigenvalue weighted by atomic mass is 19.3. The van der Waals surface area contributed by atoms with E-state index in [-0.39, 0.29) is 19.4 Å². The minimum absolute atomic E-state index is 0.0985. The van der Waals surface area contributed by atoms with Crippen LogP contribution in [-0.2, 0) is 9.59 Å². The predicted octanol–water partition coefficient (Wildman–Crippen LogP) is 0.963. The van der Waals surface area contributed by atoms with Crippen LogP contribution in [0, 0.1) is 5.92 Å². The second-order valence-corrected chi connectivity index (χ2v) is 3.74. The van der Waals surface area contributed by atoms with Crippen LogP contribution in [0.15, 0.2) is 0 Å². The molecule has 2 atom stereocenters. The molecule has 1 N–H and O–H groups in total. The van der Waals surface area contributed by atoms with Crippen molar-refractivity contribution >= 4 is 11.9 Å². The highest BCUT2D eigenvalue weighted by Gasteiger charge is 2.34. The van der Waals surface area contributed by atoms with Crippen molar-refractivity contribution in [2.24, 2.45) is 5.92 Å². The Balaban J connectivity index is 2.60. The summed E-state index contributed by atoms with van der Waals surface area (Å²) in [6.07, 6.45) is -2.51. The van der Waals surface area contributed by atoms with Crippen LogP contribution < -0.4 is 0 Å². The molecule has 0 aromatic rings. The standard InChI is InChI=1S/C9H13F2NO3/c1-5-4-6(9(14)15)2-3-12(5)8(13)7(10)11/h5-7H,2-4H2,1H3,(H,14,15). The summed E-state index contributed by atoms with van der Waals surface area (Å²) in [4.78, 5) is 22.7. The highest BCUT2D eigenvalue weighted by molar-refractivity contribution is 5.80. The van der Waals surface area contributed by atoms with Gasteiger partial charge in [0.1, 0.15) is 0 Å². The fourth-order valence-corrected chi connectivity index (χ4v) is 1.85. The molecule has 1 saturated heterocycles. The number of nitrogens with zero attached hydrogens (tertiary/aromatic N) is 1. The number of hydrogen-bond acceptors (Lipinski definition) is 2. The number of carbonyl (C=O) groups excluding carboxylic acids is 1. The fourth-order valence-electron chi connectivity index (χ4n) is 1.85. The first-order valence-electron chi connectivity index (χ1n) is 4.75. The average Bonchev–Trinajstić information content (AvgIpc) is 2.16. The number of likely N-dealkylation sites (tertiary alicyclic amines) is 1. The maximum Gasteiger partial charge on any atom is 0.315 e. The van der Waals surface area contributed by atoms with Crippen molar-refractivity contribution in [1.29, 1.82) is 0 Å². The third kappa shape index (κ3) is 2.64. The highest BCUT2D eigenvalue weighted by Crippen LogP contribution is 2.24. The minimum atomic E-state index is -3.01. The summed E-state index contributed by atoms with van der Waals surface area (Å²) in [6.45, 7) is 1.69. The van der Waals surface area contributed by atoms with Gasteiger partial charge in [-0.1, -0.05) is 0 Å². The van der Waals surface area contributed by atoms with Crippen molar-refractivity contribution in [3.63, 3.8) is 0 Å². The van der Waals surface area contributed by atoms with Gasteiger partial charge in [0.15, 0.2) is 0 Å². The lowest BCUT2D eigenvalue weighted by molar-refractivity contribution is -0.152. The molecular formula is C9H13F2NO3. The van der Waals surface area contributed by atoms with Gasteiger partial charge in [0.25, 0.3) is 5.91 Å². The molecule has 0 bridgehead atoms. The van der Waals surface area contributed by atoms with Crippen LogP contribution in [0.4, 0.5) is 8.78 Å². The topological polar surface area (TPSA) is 57.6 Å². The summed E-state index contributed by atoms with van der Waals surface area (Å²) in [7, 11) is 0. The number of amides is 1. The quantitative estimate of drug-likeness (QED) is 0.755. The Morgan fingerprint density at radius 2 is 2.07 bits per heavy atom. The van der Waals surface area contributed by atoms with Crippen molar-refractivity contribution in [3.8, 4) is 0 Å². The van der Waals surface area contributed by atoms with E-state index in [4.69, 9.17) is 5.11 Å². The predicted molar refractivity (Wildman–Crippen MR) is 47.5 cm³/mol. The minimum Gasteiger partial charge on any atom is -0.481 e. The molecule has 4 nitrogen and oxygen atoms in total. The van der Waals surface area contributed by atoms with Gasteiger partial charge in [-0.3, -0.25) is 9.59 Å². The second-order valence-electron chi connectivity index (χ2n) is 3.74. The van der Waals surface area contributed by atoms with Gasteiger partial charge in [-0.25, -0.2) is 0 Å². The van der Waals surface area contributed by atoms with Gasteiger partial charge in [0.2, 0.25) is 0 Å². The largest absolute Gasteiger partial charge is 0.481 e. The summed E-state index contributed by atoms with van der Waals surface area (Å²) in [5, 5.41) is 8.74. The molecular weight excluding hydrogens is 208 g/mol. The Kier molecular flexibility index (Phi) is 3.60. The number of hydrogen-bond donors (Lipinski definition) is 1. The van der Waals surface area contributed by atoms with Crippen molar-refractivity contribution in [3.05, 3.63) is 0 Å². The zero-order chi connectivity index (χ0) is 11.6. The van der Waals surface area contributed by atoms with Gasteiger partial charge in [-0.2, -0.15) is 8.78 Å². The Hall–Kier alpha value is -1.20. The van der Waals surface area contributed by atoms with Crippen LogP contribution in [0.5, 0.6) is 0 Å². The van der Waals surface area contributed by atoms with Crippen LogP contribution >= 0.6 is 0 Å². The van der Waals surface area contributed by atoms with Crippen molar-refractivity contribution in [1.82, 2.24) is 4.90 Å². The number of piperidine rings is 1. The van der Waals surface area contributed by atoms with Crippen molar-refractivity contribution < 1.29 is 23.5 Å². The zero-order valence-electron chi connectivity index (χ0n) is 8.32. The lowest BCUT2D eigenvalue weighted by Gasteiger charge is -2.35. The van der Waals surface area contributed by atoms with Gasteiger partial charge in [0, 0.05) is 12.6 Å². The molecule has 1 aliphatic rings. The first kappa shape index (κ1) is 11.9. The molecule has 0 spiro atoms. The summed E-state index contributed by atoms with van der Waals surface area (Å²) in [6, 6.07) is -0.429. The fraction of sp³-hybridized carbons (Fsp3) is 0.778. The molecule has 6 heteroatoms. The molecule has 0 aliphatic carbocycles. The Bertz CT molecular complexity index is 270. The Labute approximate surface area is 85.9 Å². The number of aliphatic carboxylic acids is 1. The molecule has 0 aromatic carbocycles. The van der Waals surface area contributed by atoms with Crippen molar-refractivity contribution in [2.45, 2.75) is 32.2 Å². The first-order valence-corrected chi connectivity index (χ1v) is 4.75. The summed E-state index contributed by atoms with van der Waals surface area (Å²) >= 11 is 0. The number of rotatable bonds is 2. The SMILES string of the molecule is CC1CC(C(=O)O)CCN1C(=O)C(F)F. The third-order valence-electron chi connectivity index (χ3n) is 2.70. The molecule has 1 aliphatic heterocycles. The van der Waals surface area contributed by atoms with E-state index in [1.54, 1.807) is 6.92 Å². The molecule has 0 saturated carbocycles. The average molecular weight is 221 g/mol. The summed E-state index contributed by atoms with van der Waals surface area (Å²) in [5.74, 6) is -2.65. The smallest absolute Gasteiger partial charge is 0.315 e. The molecule has 0 aromatic heterocycles. The Morgan fingerprint density at radius 1 is 1.47 bits per heavy atom. The number of carboxylic acid groups (broad SMARTS) is 1. The van der Waals surface area contributed by atoms with E-state index in [9.17, 15) is 18.4 Å². The zero-order valence-corrected chi connectivity index (χ0v) is 8.32. The number of carbonyl (C=O) groups is 2. The van der Waals surface area contributed by atoms with Crippen LogP contribution in [0.25, 0.3) is 0 Å². The maximum absolute atomic E-state index is 12.1. The lowest BCUT2D eigenvalue weighted by atomic mass is 9.92. The molecule has 2 unspecified atom stereocenters. The molecule has 1 amide bonds. The van der Waals surface area contributed by atoms with Crippen LogP contribution in [0.2, 0.25) is 0 Å². The summed E-state index contributed by atoms with van der Waals surface area (Å²) < 4.78 is 24.3. The van der Waals surface area contributed by atoms with Crippen LogP contribution in [0.3, 0.4) is 0 Å². The van der Waals surface area contributed by atoms with E-state index in [0.717, 1.165) is 4.90 Å². The maximum atomic E-state index is 12.1. The Morgan fingerprint density at radius 3 is 2.47 bits per heavy atom. The van der Waals surface area contributed by atoms with Gasteiger partial charge >= 0.3 is 12.4 Å². The second kappa shape index (κ2) is 4.55. The molecule has 1 fully saturated rings. The van der Waals surface area contributed by atoms with Gasteiger partial charge < -0.3 is 10.0 Å². The number of carboxylic acids is 1. The van der Waals surface area contributed by atoms with Crippen molar-refractivity contribution in [2.75, 3.05) is 6.54 Å². The van der Waals surface area contributed by atoms with E-state index < -0.39 is 30.3 Å². The molecule has 1 heterocycles. The van der Waals surface area contributed by atoms with Gasteiger partial charge in [-0.05, 0) is 19.8 Å². The molecule has 86 valence electrons. The van der Waals surface area contributed by atoms with Gasteiger partial charge in [-0.15, -0.1) is 0 Å². The molecule has 0 radical (unpaired) electrons. The van der Waals surface area contributed by atoms with Gasteiger partial charge in [0.05, 0.1) is 5.92 Å². The third-order valence-corrected chi connectivity index (χ3v) is 2.70. The van der Waals surface area contributed by atoms with E-state index in [1.165, 1.54) is 0 Å². The number of alkyl halides is 2. The van der Waals surface area contributed by atoms with E-state index in [0.29, 0.717) is 0 Å². The van der Waals surface area contributed by atoms with Crippen LogP contribution in [0.1, 0.15) is 19.8 Å². The molecule has 1 rings (SSSR count). The van der Waals surface area contributed by atoms with E-state index in [1.807, 2.05) is 0 Å². The normalized spacial score (nSPS) is 26.8. The van der Waals surface area contributed by atoms with E-state index >= 15 is 0 Å². The summed E-state index contributed by atoms with van der Waals surface area (Å²) in [5.41, 5.74) is 0. The van der Waals surface area contributed by atoms with E-state index in [2.05, 4.69) is 0 Å².